The van der Waals surface area contributed by atoms with Crippen LogP contribution in [-0.4, -0.2) is 68.4 Å². The van der Waals surface area contributed by atoms with Crippen LogP contribution in [0.15, 0.2) is 18.2 Å². The van der Waals surface area contributed by atoms with Gasteiger partial charge >= 0.3 is 0 Å². The average molecular weight is 348 g/mol. The van der Waals surface area contributed by atoms with Gasteiger partial charge in [0.15, 0.2) is 17.3 Å². The second kappa shape index (κ2) is 7.87. The van der Waals surface area contributed by atoms with E-state index in [1.165, 1.54) is 0 Å². The van der Waals surface area contributed by atoms with Gasteiger partial charge in [-0.05, 0) is 18.2 Å². The van der Waals surface area contributed by atoms with Gasteiger partial charge in [0.25, 0.3) is 0 Å². The molecule has 1 aliphatic heterocycles. The summed E-state index contributed by atoms with van der Waals surface area (Å²) in [6.07, 6.45) is 0. The molecule has 1 fully saturated rings. The molecule has 1 aromatic rings. The molecular weight excluding hydrogens is 320 g/mol. The van der Waals surface area contributed by atoms with Crippen LogP contribution in [0.1, 0.15) is 31.1 Å². The van der Waals surface area contributed by atoms with E-state index in [1.54, 1.807) is 32.4 Å². The molecule has 1 saturated heterocycles. The highest BCUT2D eigenvalue weighted by Gasteiger charge is 2.30. The van der Waals surface area contributed by atoms with Crippen molar-refractivity contribution in [1.29, 1.82) is 0 Å². The first-order chi connectivity index (χ1) is 11.8. The fourth-order valence-electron chi connectivity index (χ4n) is 2.89. The maximum absolute atomic E-state index is 12.5. The zero-order valence-electron chi connectivity index (χ0n) is 15.8. The smallest absolute Gasteiger partial charge is 0.228 e. The van der Waals surface area contributed by atoms with Crippen LogP contribution in [0.25, 0.3) is 0 Å². The van der Waals surface area contributed by atoms with Gasteiger partial charge in [-0.25, -0.2) is 0 Å². The number of hydrogen-bond donors (Lipinski definition) is 0. The Hall–Kier alpha value is -2.08. The van der Waals surface area contributed by atoms with Crippen molar-refractivity contribution in [1.82, 2.24) is 9.80 Å². The van der Waals surface area contributed by atoms with Crippen molar-refractivity contribution >= 4 is 11.7 Å². The average Bonchev–Trinajstić information content (AvgIpc) is 2.60. The SMILES string of the molecule is COc1ccc(C(=O)CN2CCN(C(=O)C(C)(C)C)CC2)cc1OC. The van der Waals surface area contributed by atoms with Crippen molar-refractivity contribution < 1.29 is 19.1 Å². The summed E-state index contributed by atoms with van der Waals surface area (Å²) in [5.74, 6) is 1.36. The number of Topliss-reactive ketones (excluding diaryl/α,β-unsaturated/α-hetero) is 1. The van der Waals surface area contributed by atoms with Gasteiger partial charge in [-0.2, -0.15) is 0 Å². The number of ether oxygens (including phenoxy) is 2. The first-order valence-corrected chi connectivity index (χ1v) is 8.53. The van der Waals surface area contributed by atoms with Crippen LogP contribution in [0, 0.1) is 5.41 Å². The van der Waals surface area contributed by atoms with Crippen molar-refractivity contribution in [3.63, 3.8) is 0 Å². The van der Waals surface area contributed by atoms with Gasteiger partial charge in [0.05, 0.1) is 20.8 Å². The normalized spacial score (nSPS) is 15.8. The molecule has 0 aromatic heterocycles. The summed E-state index contributed by atoms with van der Waals surface area (Å²) in [5.41, 5.74) is 0.239. The molecule has 0 bridgehead atoms. The summed E-state index contributed by atoms with van der Waals surface area (Å²) in [5, 5.41) is 0. The predicted octanol–water partition coefficient (Wildman–Crippen LogP) is 2.08. The fraction of sp³-hybridized carbons (Fsp3) is 0.579. The third kappa shape index (κ3) is 4.72. The van der Waals surface area contributed by atoms with E-state index in [4.69, 9.17) is 9.47 Å². The van der Waals surface area contributed by atoms with E-state index in [2.05, 4.69) is 4.90 Å². The quantitative estimate of drug-likeness (QED) is 0.763. The standard InChI is InChI=1S/C19H28N2O4/c1-19(2,3)18(23)21-10-8-20(9-11-21)13-15(22)14-6-7-16(24-4)17(12-14)25-5/h6-7,12H,8-11,13H2,1-5H3. The van der Waals surface area contributed by atoms with Gasteiger partial charge in [-0.1, -0.05) is 20.8 Å². The van der Waals surface area contributed by atoms with E-state index in [9.17, 15) is 9.59 Å². The third-order valence-electron chi connectivity index (χ3n) is 4.37. The number of nitrogens with zero attached hydrogens (tertiary/aromatic N) is 2. The number of rotatable bonds is 5. The monoisotopic (exact) mass is 348 g/mol. The molecule has 2 rings (SSSR count). The predicted molar refractivity (Wildman–Crippen MR) is 96.4 cm³/mol. The Kier molecular flexibility index (Phi) is 6.06. The molecule has 0 spiro atoms. The molecular formula is C19H28N2O4. The summed E-state index contributed by atoms with van der Waals surface area (Å²) < 4.78 is 10.5. The maximum Gasteiger partial charge on any atom is 0.228 e. The molecule has 6 nitrogen and oxygen atoms in total. The highest BCUT2D eigenvalue weighted by molar-refractivity contribution is 5.98. The first-order valence-electron chi connectivity index (χ1n) is 8.53. The lowest BCUT2D eigenvalue weighted by Crippen LogP contribution is -2.52. The van der Waals surface area contributed by atoms with Crippen LogP contribution in [0.5, 0.6) is 11.5 Å². The summed E-state index contributed by atoms with van der Waals surface area (Å²) in [6, 6.07) is 5.20. The molecule has 0 saturated carbocycles. The third-order valence-corrected chi connectivity index (χ3v) is 4.37. The number of carbonyl (C=O) groups excluding carboxylic acids is 2. The van der Waals surface area contributed by atoms with Crippen LogP contribution < -0.4 is 9.47 Å². The molecule has 1 aliphatic rings. The molecule has 1 aromatic carbocycles. The Morgan fingerprint density at radius 2 is 1.60 bits per heavy atom. The topological polar surface area (TPSA) is 59.1 Å². The van der Waals surface area contributed by atoms with E-state index < -0.39 is 0 Å². The van der Waals surface area contributed by atoms with Crippen molar-refractivity contribution in [2.45, 2.75) is 20.8 Å². The molecule has 0 atom stereocenters. The van der Waals surface area contributed by atoms with Gasteiger partial charge in [0, 0.05) is 37.2 Å². The zero-order valence-corrected chi connectivity index (χ0v) is 15.8. The van der Waals surface area contributed by atoms with E-state index in [1.807, 2.05) is 25.7 Å². The number of ketones is 1. The number of methoxy groups -OCH3 is 2. The molecule has 25 heavy (non-hydrogen) atoms. The lowest BCUT2D eigenvalue weighted by atomic mass is 9.94. The lowest BCUT2D eigenvalue weighted by Gasteiger charge is -2.37. The summed E-state index contributed by atoms with van der Waals surface area (Å²) >= 11 is 0. The molecule has 6 heteroatoms. The van der Waals surface area contributed by atoms with Gasteiger partial charge < -0.3 is 14.4 Å². The molecule has 1 amide bonds. The van der Waals surface area contributed by atoms with Crippen LogP contribution >= 0.6 is 0 Å². The Balaban J connectivity index is 1.94. The van der Waals surface area contributed by atoms with Crippen LogP contribution in [0.4, 0.5) is 0 Å². The minimum absolute atomic E-state index is 0.0385. The van der Waals surface area contributed by atoms with Crippen LogP contribution in [0.3, 0.4) is 0 Å². The number of piperazine rings is 1. The number of amides is 1. The number of hydrogen-bond acceptors (Lipinski definition) is 5. The van der Waals surface area contributed by atoms with E-state index in [-0.39, 0.29) is 17.1 Å². The van der Waals surface area contributed by atoms with Crippen molar-refractivity contribution in [2.24, 2.45) is 5.41 Å². The number of benzene rings is 1. The van der Waals surface area contributed by atoms with E-state index in [0.717, 1.165) is 0 Å². The Bertz CT molecular complexity index is 629. The summed E-state index contributed by atoms with van der Waals surface area (Å²) in [7, 11) is 3.12. The minimum Gasteiger partial charge on any atom is -0.493 e. The van der Waals surface area contributed by atoms with Gasteiger partial charge in [0.1, 0.15) is 0 Å². The van der Waals surface area contributed by atoms with Crippen LogP contribution in [0.2, 0.25) is 0 Å². The highest BCUT2D eigenvalue weighted by atomic mass is 16.5. The number of carbonyl (C=O) groups is 2. The van der Waals surface area contributed by atoms with E-state index >= 15 is 0 Å². The highest BCUT2D eigenvalue weighted by Crippen LogP contribution is 2.27. The molecule has 0 N–H and O–H groups in total. The summed E-state index contributed by atoms with van der Waals surface area (Å²) in [6.45, 7) is 8.88. The Morgan fingerprint density at radius 3 is 2.12 bits per heavy atom. The summed E-state index contributed by atoms with van der Waals surface area (Å²) in [4.78, 5) is 28.8. The molecule has 0 unspecified atom stereocenters. The first kappa shape index (κ1) is 19.2. The zero-order chi connectivity index (χ0) is 18.6. The van der Waals surface area contributed by atoms with Gasteiger partial charge in [-0.15, -0.1) is 0 Å². The second-order valence-electron chi connectivity index (χ2n) is 7.31. The van der Waals surface area contributed by atoms with Crippen molar-refractivity contribution in [2.75, 3.05) is 46.9 Å². The Labute approximate surface area is 149 Å². The lowest BCUT2D eigenvalue weighted by molar-refractivity contribution is -0.141. The van der Waals surface area contributed by atoms with Crippen molar-refractivity contribution in [3.05, 3.63) is 23.8 Å². The molecule has 1 heterocycles. The van der Waals surface area contributed by atoms with E-state index in [0.29, 0.717) is 49.8 Å². The van der Waals surface area contributed by atoms with Crippen LogP contribution in [-0.2, 0) is 4.79 Å². The second-order valence-corrected chi connectivity index (χ2v) is 7.31. The minimum atomic E-state index is -0.363. The maximum atomic E-state index is 12.5. The van der Waals surface area contributed by atoms with Gasteiger partial charge in [0.2, 0.25) is 5.91 Å². The molecule has 138 valence electrons. The molecule has 0 radical (unpaired) electrons. The van der Waals surface area contributed by atoms with Crippen molar-refractivity contribution in [3.8, 4) is 11.5 Å². The molecule has 0 aliphatic carbocycles. The Morgan fingerprint density at radius 1 is 1.00 bits per heavy atom. The van der Waals surface area contributed by atoms with Gasteiger partial charge in [-0.3, -0.25) is 14.5 Å². The largest absolute Gasteiger partial charge is 0.493 e. The fourth-order valence-corrected chi connectivity index (χ4v) is 2.89.